The second-order valence-corrected chi connectivity index (χ2v) is 9.26. The average molecular weight is 428 g/mol. The molecule has 0 atom stereocenters. The molecule has 2 aromatic heterocycles. The molecule has 0 fully saturated rings. The van der Waals surface area contributed by atoms with E-state index in [1.165, 1.54) is 31.2 Å². The van der Waals surface area contributed by atoms with Gasteiger partial charge in [-0.15, -0.1) is 0 Å². The van der Waals surface area contributed by atoms with Crippen LogP contribution in [0.1, 0.15) is 11.1 Å². The number of pyridine rings is 2. The summed E-state index contributed by atoms with van der Waals surface area (Å²) in [7, 11) is 0. The van der Waals surface area contributed by atoms with Crippen LogP contribution in [-0.2, 0) is 0 Å². The number of anilines is 3. The van der Waals surface area contributed by atoms with E-state index in [1.54, 1.807) is 0 Å². The molecule has 1 aliphatic rings. The van der Waals surface area contributed by atoms with Crippen LogP contribution in [0, 0.1) is 13.8 Å². The number of hydrogen-bond donors (Lipinski definition) is 0. The summed E-state index contributed by atoms with van der Waals surface area (Å²) < 4.78 is 2.60. The predicted octanol–water partition coefficient (Wildman–Crippen LogP) is 4.20. The maximum atomic E-state index is 4.83. The first-order valence-corrected chi connectivity index (χ1v) is 11.0. The summed E-state index contributed by atoms with van der Waals surface area (Å²) >= 11 is 0.195. The second-order valence-electron chi connectivity index (χ2n) is 6.99. The number of nitrogens with zero attached hydrogens (tertiary/aromatic N) is 3. The zero-order valence-corrected chi connectivity index (χ0v) is 17.5. The van der Waals surface area contributed by atoms with Gasteiger partial charge in [0, 0.05) is 0 Å². The van der Waals surface area contributed by atoms with Gasteiger partial charge in [0.15, 0.2) is 0 Å². The molecule has 2 aromatic carbocycles. The van der Waals surface area contributed by atoms with Gasteiger partial charge in [-0.05, 0) is 0 Å². The Morgan fingerprint density at radius 1 is 0.714 bits per heavy atom. The minimum atomic E-state index is 0.195. The van der Waals surface area contributed by atoms with Gasteiger partial charge in [0.1, 0.15) is 0 Å². The van der Waals surface area contributed by atoms with E-state index >= 15 is 0 Å². The number of hydrogen-bond acceptors (Lipinski definition) is 3. The summed E-state index contributed by atoms with van der Waals surface area (Å²) in [5.41, 5.74) is 5.87. The third-order valence-corrected chi connectivity index (χ3v) is 7.00. The first-order valence-electron chi connectivity index (χ1n) is 9.26. The number of aromatic nitrogens is 2. The van der Waals surface area contributed by atoms with E-state index in [0.29, 0.717) is 0 Å². The van der Waals surface area contributed by atoms with Crippen molar-refractivity contribution in [2.24, 2.45) is 0 Å². The van der Waals surface area contributed by atoms with Crippen molar-refractivity contribution in [1.29, 1.82) is 0 Å². The van der Waals surface area contributed by atoms with E-state index in [0.717, 1.165) is 17.3 Å². The van der Waals surface area contributed by atoms with E-state index in [2.05, 4.69) is 85.5 Å². The Labute approximate surface area is 171 Å². The van der Waals surface area contributed by atoms with Crippen molar-refractivity contribution in [2.75, 3.05) is 4.90 Å². The van der Waals surface area contributed by atoms with E-state index in [1.807, 2.05) is 12.4 Å². The molecule has 5 rings (SSSR count). The van der Waals surface area contributed by atoms with Crippen molar-refractivity contribution in [3.63, 3.8) is 0 Å². The number of rotatable bonds is 2. The molecule has 1 aliphatic heterocycles. The van der Waals surface area contributed by atoms with Gasteiger partial charge >= 0.3 is 171 Å². The third kappa shape index (κ3) is 2.91. The molecule has 0 bridgehead atoms. The van der Waals surface area contributed by atoms with Crippen LogP contribution in [0.5, 0.6) is 0 Å². The first-order chi connectivity index (χ1) is 13.7. The Bertz CT molecular complexity index is 1120. The fourth-order valence-corrected chi connectivity index (χ4v) is 6.05. The fraction of sp³-hybridized carbons (Fsp3) is 0.0833. The summed E-state index contributed by atoms with van der Waals surface area (Å²) in [6.07, 6.45) is 3.90. The number of para-hydroxylation sites is 1. The van der Waals surface area contributed by atoms with Crippen LogP contribution in [0.3, 0.4) is 0 Å². The summed E-state index contributed by atoms with van der Waals surface area (Å²) in [5, 5.41) is 0. The molecule has 3 nitrogen and oxygen atoms in total. The van der Waals surface area contributed by atoms with Gasteiger partial charge in [0.2, 0.25) is 0 Å². The van der Waals surface area contributed by atoms with Crippen molar-refractivity contribution in [3.05, 3.63) is 90.3 Å². The van der Waals surface area contributed by atoms with E-state index in [-0.39, 0.29) is 15.0 Å². The van der Waals surface area contributed by atoms with Gasteiger partial charge in [0.05, 0.1) is 0 Å². The van der Waals surface area contributed by atoms with Crippen LogP contribution < -0.4 is 13.8 Å². The molecule has 0 unspecified atom stereocenters. The van der Waals surface area contributed by atoms with E-state index in [9.17, 15) is 0 Å². The molecule has 0 spiro atoms. The second kappa shape index (κ2) is 6.90. The number of benzene rings is 2. The Hall–Kier alpha value is -2.94. The summed E-state index contributed by atoms with van der Waals surface area (Å²) in [6.45, 7) is 4.21. The normalized spacial score (nSPS) is 12.4. The van der Waals surface area contributed by atoms with Gasteiger partial charge in [-0.2, -0.15) is 0 Å². The molecule has 0 amide bonds. The molecule has 0 radical (unpaired) electrons. The topological polar surface area (TPSA) is 29.0 Å². The van der Waals surface area contributed by atoms with Crippen LogP contribution in [0.2, 0.25) is 0 Å². The van der Waals surface area contributed by atoms with Gasteiger partial charge in [-0.3, -0.25) is 0 Å². The molecule has 0 saturated heterocycles. The molecule has 3 heterocycles. The molecule has 136 valence electrons. The third-order valence-electron chi connectivity index (χ3n) is 4.81. The molecular formula is C24H19N3Se. The Balaban J connectivity index is 1.78. The van der Waals surface area contributed by atoms with Crippen LogP contribution in [0.25, 0.3) is 11.1 Å². The first kappa shape index (κ1) is 17.2. The molecule has 0 saturated carbocycles. The van der Waals surface area contributed by atoms with Crippen LogP contribution >= 0.6 is 0 Å². The van der Waals surface area contributed by atoms with Crippen LogP contribution in [-0.4, -0.2) is 24.9 Å². The fourth-order valence-electron chi connectivity index (χ4n) is 3.53. The van der Waals surface area contributed by atoms with Crippen molar-refractivity contribution in [3.8, 4) is 11.1 Å². The predicted molar refractivity (Wildman–Crippen MR) is 117 cm³/mol. The van der Waals surface area contributed by atoms with Gasteiger partial charge < -0.3 is 0 Å². The van der Waals surface area contributed by atoms with Gasteiger partial charge in [-0.1, -0.05) is 0 Å². The quantitative estimate of drug-likeness (QED) is 0.395. The molecular weight excluding hydrogens is 409 g/mol. The standard InChI is InChI=1S/C24H19N3Se/c1-16-12-21-23(25-14-16)27(24-22(28-21)13-17(2)15-26-24)20-11-7-6-10-19(20)18-8-4-3-5-9-18/h3-15H,1-2H3. The number of aryl methyl sites for hydroxylation is 2. The zero-order chi connectivity index (χ0) is 19.1. The molecule has 28 heavy (non-hydrogen) atoms. The summed E-state index contributed by atoms with van der Waals surface area (Å²) in [4.78, 5) is 11.9. The SMILES string of the molecule is Cc1cnc2c(c1)[Se]c1cc(C)cnc1N2c1ccccc1-c1ccccc1. The van der Waals surface area contributed by atoms with E-state index < -0.39 is 0 Å². The van der Waals surface area contributed by atoms with Gasteiger partial charge in [0.25, 0.3) is 0 Å². The van der Waals surface area contributed by atoms with Crippen molar-refractivity contribution in [1.82, 2.24) is 9.97 Å². The Morgan fingerprint density at radius 2 is 1.29 bits per heavy atom. The minimum absolute atomic E-state index is 0.195. The Morgan fingerprint density at radius 3 is 1.93 bits per heavy atom. The summed E-state index contributed by atoms with van der Waals surface area (Å²) in [6, 6.07) is 23.6. The average Bonchev–Trinajstić information content (AvgIpc) is 2.72. The maximum absolute atomic E-state index is 4.83. The van der Waals surface area contributed by atoms with Crippen LogP contribution in [0.4, 0.5) is 17.3 Å². The van der Waals surface area contributed by atoms with Crippen molar-refractivity contribution < 1.29 is 0 Å². The monoisotopic (exact) mass is 429 g/mol. The molecule has 0 N–H and O–H groups in total. The summed E-state index contributed by atoms with van der Waals surface area (Å²) in [5.74, 6) is 2.00. The van der Waals surface area contributed by atoms with Crippen molar-refractivity contribution in [2.45, 2.75) is 13.8 Å². The molecule has 4 heteroatoms. The zero-order valence-electron chi connectivity index (χ0n) is 15.8. The van der Waals surface area contributed by atoms with Gasteiger partial charge in [-0.25, -0.2) is 0 Å². The van der Waals surface area contributed by atoms with E-state index in [4.69, 9.17) is 9.97 Å². The Kier molecular flexibility index (Phi) is 4.23. The van der Waals surface area contributed by atoms with Crippen molar-refractivity contribution >= 4 is 41.2 Å². The molecule has 0 aliphatic carbocycles. The molecule has 4 aromatic rings. The van der Waals surface area contributed by atoms with Crippen LogP contribution in [0.15, 0.2) is 79.1 Å². The number of fused-ring (bicyclic) bond motifs is 2.